The highest BCUT2D eigenvalue weighted by molar-refractivity contribution is 4.76. The fourth-order valence-corrected chi connectivity index (χ4v) is 2.35. The van der Waals surface area contributed by atoms with Crippen LogP contribution < -0.4 is 0 Å². The minimum atomic E-state index is 0.656. The van der Waals surface area contributed by atoms with Crippen LogP contribution in [0.1, 0.15) is 68.7 Å². The van der Waals surface area contributed by atoms with Gasteiger partial charge in [0.1, 0.15) is 0 Å². The van der Waals surface area contributed by atoms with Crippen LogP contribution in [-0.4, -0.2) is 75.0 Å². The Morgan fingerprint density at radius 2 is 1.29 bits per heavy atom. The molecule has 0 aromatic rings. The van der Waals surface area contributed by atoms with Crippen LogP contribution in [0.2, 0.25) is 0 Å². The summed E-state index contributed by atoms with van der Waals surface area (Å²) in [4.78, 5) is 4.80. The SMILES string of the molecule is CC.CC.CC.CCC1COCCN1C(C)C.CN1CCOCC1. The Kier molecular flexibility index (Phi) is 27.3. The summed E-state index contributed by atoms with van der Waals surface area (Å²) in [7, 11) is 2.11. The topological polar surface area (TPSA) is 24.9 Å². The molecular formula is C20H48N2O2. The highest BCUT2D eigenvalue weighted by Gasteiger charge is 2.22. The lowest BCUT2D eigenvalue weighted by Crippen LogP contribution is -2.48. The number of nitrogens with zero attached hydrogens (tertiary/aromatic N) is 2. The molecule has 0 saturated carbocycles. The summed E-state index contributed by atoms with van der Waals surface area (Å²) < 4.78 is 10.5. The first-order chi connectivity index (χ1) is 11.6. The van der Waals surface area contributed by atoms with Gasteiger partial charge in [-0.05, 0) is 27.3 Å². The first-order valence-electron chi connectivity index (χ1n) is 10.2. The molecule has 0 aromatic heterocycles. The van der Waals surface area contributed by atoms with Crippen molar-refractivity contribution in [2.45, 2.75) is 80.8 Å². The van der Waals surface area contributed by atoms with E-state index in [4.69, 9.17) is 9.47 Å². The van der Waals surface area contributed by atoms with Gasteiger partial charge in [-0.2, -0.15) is 0 Å². The first kappa shape index (κ1) is 28.6. The zero-order valence-electron chi connectivity index (χ0n) is 18.5. The molecule has 2 fully saturated rings. The number of likely N-dealkylation sites (N-methyl/N-ethyl adjacent to an activating group) is 1. The van der Waals surface area contributed by atoms with E-state index in [1.54, 1.807) is 0 Å². The second-order valence-corrected chi connectivity index (χ2v) is 5.38. The smallest absolute Gasteiger partial charge is 0.0622 e. The largest absolute Gasteiger partial charge is 0.379 e. The predicted molar refractivity (Wildman–Crippen MR) is 109 cm³/mol. The summed E-state index contributed by atoms with van der Waals surface area (Å²) in [5, 5.41) is 0. The van der Waals surface area contributed by atoms with Gasteiger partial charge in [0, 0.05) is 31.7 Å². The zero-order valence-corrected chi connectivity index (χ0v) is 18.5. The summed E-state index contributed by atoms with van der Waals surface area (Å²) in [6, 6.07) is 1.33. The Labute approximate surface area is 153 Å². The number of hydrogen-bond donors (Lipinski definition) is 0. The Bertz CT molecular complexity index is 208. The molecule has 4 heteroatoms. The number of rotatable bonds is 2. The van der Waals surface area contributed by atoms with Crippen molar-refractivity contribution < 1.29 is 9.47 Å². The maximum Gasteiger partial charge on any atom is 0.0622 e. The van der Waals surface area contributed by atoms with E-state index in [9.17, 15) is 0 Å². The first-order valence-corrected chi connectivity index (χ1v) is 10.2. The van der Waals surface area contributed by atoms with Gasteiger partial charge in [-0.1, -0.05) is 48.5 Å². The van der Waals surface area contributed by atoms with Crippen molar-refractivity contribution in [2.24, 2.45) is 0 Å². The molecule has 0 aromatic carbocycles. The second-order valence-electron chi connectivity index (χ2n) is 5.38. The fraction of sp³-hybridized carbons (Fsp3) is 1.00. The molecule has 0 bridgehead atoms. The van der Waals surface area contributed by atoms with E-state index in [2.05, 4.69) is 37.6 Å². The summed E-state index contributed by atoms with van der Waals surface area (Å²) in [5.41, 5.74) is 0. The number of ether oxygens (including phenoxy) is 2. The molecule has 2 aliphatic heterocycles. The molecule has 2 aliphatic rings. The van der Waals surface area contributed by atoms with E-state index in [-0.39, 0.29) is 0 Å². The lowest BCUT2D eigenvalue weighted by Gasteiger charge is -2.37. The monoisotopic (exact) mass is 348 g/mol. The molecule has 0 radical (unpaired) electrons. The van der Waals surface area contributed by atoms with Crippen LogP contribution in [0.5, 0.6) is 0 Å². The zero-order chi connectivity index (χ0) is 19.4. The average molecular weight is 349 g/mol. The minimum absolute atomic E-state index is 0.656. The molecule has 2 heterocycles. The molecule has 24 heavy (non-hydrogen) atoms. The molecule has 0 N–H and O–H groups in total. The molecule has 0 aliphatic carbocycles. The molecule has 2 rings (SSSR count). The van der Waals surface area contributed by atoms with Gasteiger partial charge >= 0.3 is 0 Å². The third kappa shape index (κ3) is 15.4. The molecule has 2 saturated heterocycles. The van der Waals surface area contributed by atoms with E-state index >= 15 is 0 Å². The Morgan fingerprint density at radius 1 is 0.833 bits per heavy atom. The summed E-state index contributed by atoms with van der Waals surface area (Å²) in [6.07, 6.45) is 1.21. The number of morpholine rings is 2. The summed E-state index contributed by atoms with van der Waals surface area (Å²) in [5.74, 6) is 0. The van der Waals surface area contributed by atoms with Crippen molar-refractivity contribution in [3.05, 3.63) is 0 Å². The van der Waals surface area contributed by atoms with Gasteiger partial charge in [-0.15, -0.1) is 0 Å². The molecule has 0 amide bonds. The van der Waals surface area contributed by atoms with Crippen LogP contribution in [0.4, 0.5) is 0 Å². The van der Waals surface area contributed by atoms with Crippen molar-refractivity contribution in [3.63, 3.8) is 0 Å². The quantitative estimate of drug-likeness (QED) is 0.732. The summed E-state index contributed by atoms with van der Waals surface area (Å²) in [6.45, 7) is 25.7. The molecule has 0 spiro atoms. The van der Waals surface area contributed by atoms with Gasteiger partial charge in [-0.3, -0.25) is 4.90 Å². The summed E-state index contributed by atoms with van der Waals surface area (Å²) >= 11 is 0. The molecule has 1 unspecified atom stereocenters. The average Bonchev–Trinajstić information content (AvgIpc) is 2.67. The van der Waals surface area contributed by atoms with E-state index < -0.39 is 0 Å². The van der Waals surface area contributed by atoms with E-state index in [0.29, 0.717) is 12.1 Å². The van der Waals surface area contributed by atoms with E-state index in [0.717, 1.165) is 46.1 Å². The Balaban J connectivity index is -0.000000293. The Morgan fingerprint density at radius 3 is 1.58 bits per heavy atom. The van der Waals surface area contributed by atoms with Crippen molar-refractivity contribution >= 4 is 0 Å². The lowest BCUT2D eigenvalue weighted by atomic mass is 10.1. The maximum atomic E-state index is 5.41. The second kappa shape index (κ2) is 22.8. The van der Waals surface area contributed by atoms with Crippen LogP contribution >= 0.6 is 0 Å². The van der Waals surface area contributed by atoms with Gasteiger partial charge in [0.2, 0.25) is 0 Å². The van der Waals surface area contributed by atoms with Crippen molar-refractivity contribution in [1.29, 1.82) is 0 Å². The van der Waals surface area contributed by atoms with Crippen LogP contribution in [-0.2, 0) is 9.47 Å². The minimum Gasteiger partial charge on any atom is -0.379 e. The van der Waals surface area contributed by atoms with Crippen molar-refractivity contribution in [3.8, 4) is 0 Å². The molecule has 150 valence electrons. The van der Waals surface area contributed by atoms with E-state index in [1.165, 1.54) is 6.42 Å². The maximum absolute atomic E-state index is 5.41. The third-order valence-corrected chi connectivity index (χ3v) is 3.64. The molecule has 4 nitrogen and oxygen atoms in total. The van der Waals surface area contributed by atoms with E-state index in [1.807, 2.05) is 41.5 Å². The van der Waals surface area contributed by atoms with Crippen LogP contribution in [0, 0.1) is 0 Å². The van der Waals surface area contributed by atoms with Crippen LogP contribution in [0.25, 0.3) is 0 Å². The normalized spacial score (nSPS) is 20.9. The molecular weight excluding hydrogens is 300 g/mol. The van der Waals surface area contributed by atoms with Crippen LogP contribution in [0.3, 0.4) is 0 Å². The highest BCUT2D eigenvalue weighted by atomic mass is 16.5. The van der Waals surface area contributed by atoms with Crippen molar-refractivity contribution in [1.82, 2.24) is 9.80 Å². The van der Waals surface area contributed by atoms with Gasteiger partial charge in [0.05, 0.1) is 26.4 Å². The fourth-order valence-electron chi connectivity index (χ4n) is 2.35. The number of hydrogen-bond acceptors (Lipinski definition) is 4. The third-order valence-electron chi connectivity index (χ3n) is 3.64. The standard InChI is InChI=1S/C9H19NO.C5H11NO.3C2H6/c1-4-9-7-11-6-5-10(9)8(2)3;1-6-2-4-7-5-3-6;3*1-2/h8-9H,4-7H2,1-3H3;2-5H2,1H3;3*1-2H3. The van der Waals surface area contributed by atoms with Gasteiger partial charge in [0.25, 0.3) is 0 Å². The predicted octanol–water partition coefficient (Wildman–Crippen LogP) is 4.53. The van der Waals surface area contributed by atoms with Gasteiger partial charge in [-0.25, -0.2) is 0 Å². The Hall–Kier alpha value is -0.160. The lowest BCUT2D eigenvalue weighted by molar-refractivity contribution is -0.0231. The van der Waals surface area contributed by atoms with Crippen molar-refractivity contribution in [2.75, 3.05) is 53.1 Å². The van der Waals surface area contributed by atoms with Crippen LogP contribution in [0.15, 0.2) is 0 Å². The highest BCUT2D eigenvalue weighted by Crippen LogP contribution is 2.12. The van der Waals surface area contributed by atoms with Gasteiger partial charge < -0.3 is 14.4 Å². The molecule has 1 atom stereocenters. The van der Waals surface area contributed by atoms with Gasteiger partial charge in [0.15, 0.2) is 0 Å².